The summed E-state index contributed by atoms with van der Waals surface area (Å²) in [5.41, 5.74) is 0. The van der Waals surface area contributed by atoms with Crippen molar-refractivity contribution in [3.05, 3.63) is 18.2 Å². The van der Waals surface area contributed by atoms with E-state index >= 15 is 0 Å². The zero-order valence-electron chi connectivity index (χ0n) is 11.7. The van der Waals surface area contributed by atoms with Crippen molar-refractivity contribution in [2.24, 2.45) is 5.92 Å². The van der Waals surface area contributed by atoms with Gasteiger partial charge < -0.3 is 14.6 Å². The Hall–Kier alpha value is -0.870. The highest BCUT2D eigenvalue weighted by atomic mass is 16.5. The maximum atomic E-state index is 5.74. The van der Waals surface area contributed by atoms with E-state index < -0.39 is 0 Å². The molecule has 0 saturated heterocycles. The highest BCUT2D eigenvalue weighted by Crippen LogP contribution is 2.39. The summed E-state index contributed by atoms with van der Waals surface area (Å²) in [6.45, 7) is 6.31. The van der Waals surface area contributed by atoms with Gasteiger partial charge in [0.15, 0.2) is 0 Å². The number of hydrogen-bond donors (Lipinski definition) is 1. The van der Waals surface area contributed by atoms with Gasteiger partial charge in [-0.05, 0) is 38.6 Å². The molecule has 18 heavy (non-hydrogen) atoms. The van der Waals surface area contributed by atoms with Crippen LogP contribution < -0.4 is 5.32 Å². The van der Waals surface area contributed by atoms with Crippen molar-refractivity contribution in [1.29, 1.82) is 0 Å². The number of rotatable bonds is 8. The van der Waals surface area contributed by atoms with Gasteiger partial charge in [-0.2, -0.15) is 0 Å². The second-order valence-electron chi connectivity index (χ2n) is 5.04. The Bertz CT molecular complexity index is 360. The molecule has 1 aliphatic carbocycles. The van der Waals surface area contributed by atoms with Crippen molar-refractivity contribution in [3.8, 4) is 0 Å². The third kappa shape index (κ3) is 2.93. The molecule has 1 aromatic rings. The summed E-state index contributed by atoms with van der Waals surface area (Å²) < 4.78 is 7.95. The predicted octanol–water partition coefficient (Wildman–Crippen LogP) is 2.37. The molecule has 0 amide bonds. The van der Waals surface area contributed by atoms with Gasteiger partial charge in [0, 0.05) is 26.0 Å². The SMILES string of the molecule is CCCNC(c1nccn1CC)C(OC)C1CC1. The Morgan fingerprint density at radius 2 is 2.28 bits per heavy atom. The summed E-state index contributed by atoms with van der Waals surface area (Å²) in [6.07, 6.45) is 7.90. The second-order valence-corrected chi connectivity index (χ2v) is 5.04. The largest absolute Gasteiger partial charge is 0.379 e. The van der Waals surface area contributed by atoms with E-state index in [4.69, 9.17) is 4.74 Å². The zero-order valence-corrected chi connectivity index (χ0v) is 11.7. The first-order valence-corrected chi connectivity index (χ1v) is 7.09. The molecule has 4 heteroatoms. The molecule has 2 unspecified atom stereocenters. The van der Waals surface area contributed by atoms with E-state index in [-0.39, 0.29) is 12.1 Å². The zero-order chi connectivity index (χ0) is 13.0. The van der Waals surface area contributed by atoms with E-state index in [1.165, 1.54) is 12.8 Å². The maximum absolute atomic E-state index is 5.74. The van der Waals surface area contributed by atoms with Crippen molar-refractivity contribution < 1.29 is 4.74 Å². The standard InChI is InChI=1S/C14H25N3O/c1-4-8-15-12(13(18-3)11-6-7-11)14-16-9-10-17(14)5-2/h9-13,15H,4-8H2,1-3H3. The lowest BCUT2D eigenvalue weighted by Gasteiger charge is -2.27. The fourth-order valence-corrected chi connectivity index (χ4v) is 2.55. The van der Waals surface area contributed by atoms with Crippen LogP contribution in [0.1, 0.15) is 45.0 Å². The van der Waals surface area contributed by atoms with Gasteiger partial charge in [0.25, 0.3) is 0 Å². The molecule has 1 saturated carbocycles. The number of nitrogens with one attached hydrogen (secondary N) is 1. The number of aryl methyl sites for hydroxylation is 1. The Morgan fingerprint density at radius 1 is 1.50 bits per heavy atom. The smallest absolute Gasteiger partial charge is 0.128 e. The number of imidazole rings is 1. The normalized spacial score (nSPS) is 18.8. The van der Waals surface area contributed by atoms with Crippen LogP contribution in [0, 0.1) is 5.92 Å². The minimum Gasteiger partial charge on any atom is -0.379 e. The molecule has 0 aliphatic heterocycles. The predicted molar refractivity (Wildman–Crippen MR) is 72.5 cm³/mol. The number of aromatic nitrogens is 2. The van der Waals surface area contributed by atoms with E-state index in [2.05, 4.69) is 34.9 Å². The van der Waals surface area contributed by atoms with E-state index in [1.54, 1.807) is 0 Å². The van der Waals surface area contributed by atoms with Crippen LogP contribution in [0.25, 0.3) is 0 Å². The van der Waals surface area contributed by atoms with Gasteiger partial charge >= 0.3 is 0 Å². The summed E-state index contributed by atoms with van der Waals surface area (Å²) in [4.78, 5) is 4.54. The number of methoxy groups -OCH3 is 1. The van der Waals surface area contributed by atoms with Gasteiger partial charge in [-0.25, -0.2) is 4.98 Å². The fraction of sp³-hybridized carbons (Fsp3) is 0.786. The van der Waals surface area contributed by atoms with E-state index in [9.17, 15) is 0 Å². The van der Waals surface area contributed by atoms with Crippen molar-refractivity contribution in [2.45, 2.75) is 51.8 Å². The monoisotopic (exact) mass is 251 g/mol. The molecular formula is C14H25N3O. The number of nitrogens with zero attached hydrogens (tertiary/aromatic N) is 2. The van der Waals surface area contributed by atoms with E-state index in [1.807, 2.05) is 13.3 Å². The van der Waals surface area contributed by atoms with Crippen LogP contribution in [0.3, 0.4) is 0 Å². The molecule has 4 nitrogen and oxygen atoms in total. The van der Waals surface area contributed by atoms with Crippen LogP contribution in [0.4, 0.5) is 0 Å². The van der Waals surface area contributed by atoms with Gasteiger partial charge in [0.2, 0.25) is 0 Å². The van der Waals surface area contributed by atoms with Crippen LogP contribution in [-0.4, -0.2) is 29.3 Å². The molecule has 0 radical (unpaired) electrons. The van der Waals surface area contributed by atoms with Crippen molar-refractivity contribution in [3.63, 3.8) is 0 Å². The lowest BCUT2D eigenvalue weighted by molar-refractivity contribution is 0.0470. The molecule has 0 bridgehead atoms. The molecule has 1 fully saturated rings. The first kappa shape index (κ1) is 13.6. The van der Waals surface area contributed by atoms with Crippen LogP contribution in [0.5, 0.6) is 0 Å². The summed E-state index contributed by atoms with van der Waals surface area (Å²) >= 11 is 0. The Morgan fingerprint density at radius 3 is 2.83 bits per heavy atom. The van der Waals surface area contributed by atoms with Crippen LogP contribution in [0.15, 0.2) is 12.4 Å². The molecule has 102 valence electrons. The van der Waals surface area contributed by atoms with Crippen LogP contribution >= 0.6 is 0 Å². The summed E-state index contributed by atoms with van der Waals surface area (Å²) in [7, 11) is 1.82. The number of ether oxygens (including phenoxy) is 1. The molecule has 0 aromatic carbocycles. The first-order valence-electron chi connectivity index (χ1n) is 7.09. The van der Waals surface area contributed by atoms with Gasteiger partial charge in [0.05, 0.1) is 12.1 Å². The minimum absolute atomic E-state index is 0.220. The molecule has 0 spiro atoms. The summed E-state index contributed by atoms with van der Waals surface area (Å²) in [5, 5.41) is 3.61. The van der Waals surface area contributed by atoms with Gasteiger partial charge in [-0.1, -0.05) is 6.92 Å². The third-order valence-corrected chi connectivity index (χ3v) is 3.67. The Balaban J connectivity index is 2.17. The molecule has 1 N–H and O–H groups in total. The van der Waals surface area contributed by atoms with E-state index in [0.717, 1.165) is 25.3 Å². The van der Waals surface area contributed by atoms with Crippen LogP contribution in [0.2, 0.25) is 0 Å². The van der Waals surface area contributed by atoms with Crippen molar-refractivity contribution in [1.82, 2.24) is 14.9 Å². The molecule has 1 aliphatic rings. The number of hydrogen-bond acceptors (Lipinski definition) is 3. The van der Waals surface area contributed by atoms with Crippen molar-refractivity contribution >= 4 is 0 Å². The van der Waals surface area contributed by atoms with Crippen molar-refractivity contribution in [2.75, 3.05) is 13.7 Å². The Kier molecular flexibility index (Phi) is 4.78. The maximum Gasteiger partial charge on any atom is 0.128 e. The highest BCUT2D eigenvalue weighted by Gasteiger charge is 2.38. The first-order chi connectivity index (χ1) is 8.81. The second kappa shape index (κ2) is 6.34. The molecule has 1 heterocycles. The topological polar surface area (TPSA) is 39.1 Å². The van der Waals surface area contributed by atoms with Gasteiger partial charge in [0.1, 0.15) is 5.82 Å². The summed E-state index contributed by atoms with van der Waals surface area (Å²) in [5.74, 6) is 1.82. The fourth-order valence-electron chi connectivity index (χ4n) is 2.55. The quantitative estimate of drug-likeness (QED) is 0.771. The Labute approximate surface area is 110 Å². The molecular weight excluding hydrogens is 226 g/mol. The molecule has 1 aromatic heterocycles. The third-order valence-electron chi connectivity index (χ3n) is 3.67. The minimum atomic E-state index is 0.220. The van der Waals surface area contributed by atoms with Gasteiger partial charge in [-0.3, -0.25) is 0 Å². The molecule has 2 rings (SSSR count). The lowest BCUT2D eigenvalue weighted by Crippen LogP contribution is -2.37. The average molecular weight is 251 g/mol. The highest BCUT2D eigenvalue weighted by molar-refractivity contribution is 5.05. The van der Waals surface area contributed by atoms with Gasteiger partial charge in [-0.15, -0.1) is 0 Å². The lowest BCUT2D eigenvalue weighted by atomic mass is 10.1. The average Bonchev–Trinajstić information content (AvgIpc) is 3.11. The van der Waals surface area contributed by atoms with E-state index in [0.29, 0.717) is 5.92 Å². The van der Waals surface area contributed by atoms with Crippen LogP contribution in [-0.2, 0) is 11.3 Å². The molecule has 2 atom stereocenters. The summed E-state index contributed by atoms with van der Waals surface area (Å²) in [6, 6.07) is 0.220.